The Bertz CT molecular complexity index is 1000. The zero-order chi connectivity index (χ0) is 20.1. The standard InChI is InChI=1S/C23H22ClFO3/c1-13-11-17(15-6-7-19(25)14(2)10-15)18(24)12-16(13)20-21(26)23(28-22(20)27)8-4-3-5-9-23/h6-7,10-12,26H,3-5,8-9H2,1-2H3. The highest BCUT2D eigenvalue weighted by atomic mass is 35.5. The molecule has 146 valence electrons. The molecule has 1 saturated carbocycles. The van der Waals surface area contributed by atoms with Crippen molar-refractivity contribution in [1.29, 1.82) is 0 Å². The van der Waals surface area contributed by atoms with Gasteiger partial charge in [0.2, 0.25) is 0 Å². The van der Waals surface area contributed by atoms with E-state index in [4.69, 9.17) is 16.3 Å². The van der Waals surface area contributed by atoms with E-state index < -0.39 is 11.6 Å². The van der Waals surface area contributed by atoms with Gasteiger partial charge in [-0.2, -0.15) is 0 Å². The fourth-order valence-corrected chi connectivity index (χ4v) is 4.56. The summed E-state index contributed by atoms with van der Waals surface area (Å²) in [5.74, 6) is -0.736. The number of halogens is 2. The fraction of sp³-hybridized carbons (Fsp3) is 0.348. The Hall–Kier alpha value is -2.33. The summed E-state index contributed by atoms with van der Waals surface area (Å²) in [4.78, 5) is 12.6. The van der Waals surface area contributed by atoms with Crippen LogP contribution in [0.25, 0.3) is 16.7 Å². The van der Waals surface area contributed by atoms with Gasteiger partial charge in [-0.15, -0.1) is 0 Å². The lowest BCUT2D eigenvalue weighted by atomic mass is 9.82. The van der Waals surface area contributed by atoms with Crippen LogP contribution in [0, 0.1) is 19.7 Å². The van der Waals surface area contributed by atoms with E-state index in [1.54, 1.807) is 25.1 Å². The molecule has 0 bridgehead atoms. The third-order valence-electron chi connectivity index (χ3n) is 5.87. The number of hydrogen-bond acceptors (Lipinski definition) is 3. The molecule has 3 nitrogen and oxygen atoms in total. The predicted molar refractivity (Wildman–Crippen MR) is 108 cm³/mol. The van der Waals surface area contributed by atoms with Crippen LogP contribution < -0.4 is 0 Å². The third-order valence-corrected chi connectivity index (χ3v) is 6.19. The van der Waals surface area contributed by atoms with Crippen LogP contribution in [-0.2, 0) is 9.53 Å². The Morgan fingerprint density at radius 1 is 1.04 bits per heavy atom. The summed E-state index contributed by atoms with van der Waals surface area (Å²) < 4.78 is 19.3. The highest BCUT2D eigenvalue weighted by Gasteiger charge is 2.49. The Kier molecular flexibility index (Phi) is 4.70. The summed E-state index contributed by atoms with van der Waals surface area (Å²) in [6.45, 7) is 3.57. The van der Waals surface area contributed by atoms with Crippen molar-refractivity contribution in [2.45, 2.75) is 51.6 Å². The molecule has 4 rings (SSSR count). The first kappa shape index (κ1) is 19.0. The van der Waals surface area contributed by atoms with Crippen molar-refractivity contribution < 1.29 is 19.0 Å². The molecule has 1 aliphatic heterocycles. The second-order valence-electron chi connectivity index (χ2n) is 7.78. The number of carbonyl (C=O) groups excluding carboxylic acids is 1. The summed E-state index contributed by atoms with van der Waals surface area (Å²) >= 11 is 6.53. The van der Waals surface area contributed by atoms with E-state index in [0.29, 0.717) is 29.0 Å². The molecule has 5 heteroatoms. The molecule has 0 unspecified atom stereocenters. The van der Waals surface area contributed by atoms with E-state index in [9.17, 15) is 14.3 Å². The molecule has 1 fully saturated rings. The second kappa shape index (κ2) is 6.93. The molecule has 0 amide bonds. The number of benzene rings is 2. The molecule has 1 aliphatic carbocycles. The van der Waals surface area contributed by atoms with Gasteiger partial charge in [-0.1, -0.05) is 24.1 Å². The average Bonchev–Trinajstić information content (AvgIpc) is 2.89. The van der Waals surface area contributed by atoms with Gasteiger partial charge < -0.3 is 9.84 Å². The molecule has 0 saturated heterocycles. The molecule has 1 heterocycles. The van der Waals surface area contributed by atoms with Crippen LogP contribution in [0.3, 0.4) is 0 Å². The lowest BCUT2D eigenvalue weighted by molar-refractivity contribution is -0.149. The van der Waals surface area contributed by atoms with Crippen molar-refractivity contribution in [3.05, 3.63) is 63.6 Å². The SMILES string of the molecule is Cc1cc(-c2cc(C)c(C3=C(O)C4(CCCCC4)OC3=O)cc2Cl)ccc1F. The van der Waals surface area contributed by atoms with Gasteiger partial charge in [0, 0.05) is 10.6 Å². The van der Waals surface area contributed by atoms with Crippen molar-refractivity contribution in [2.24, 2.45) is 0 Å². The molecular weight excluding hydrogens is 379 g/mol. The highest BCUT2D eigenvalue weighted by molar-refractivity contribution is 6.34. The normalized spacial score (nSPS) is 18.6. The van der Waals surface area contributed by atoms with Gasteiger partial charge in [-0.3, -0.25) is 0 Å². The Morgan fingerprint density at radius 3 is 2.43 bits per heavy atom. The lowest BCUT2D eigenvalue weighted by Crippen LogP contribution is -2.34. The minimum atomic E-state index is -0.879. The van der Waals surface area contributed by atoms with E-state index in [-0.39, 0.29) is 17.1 Å². The first-order valence-electron chi connectivity index (χ1n) is 9.56. The largest absolute Gasteiger partial charge is 0.507 e. The van der Waals surface area contributed by atoms with E-state index in [1.807, 2.05) is 13.0 Å². The van der Waals surface area contributed by atoms with Gasteiger partial charge in [0.25, 0.3) is 0 Å². The third kappa shape index (κ3) is 3.00. The summed E-state index contributed by atoms with van der Waals surface area (Å²) in [5, 5.41) is 11.3. The van der Waals surface area contributed by atoms with Crippen LogP contribution in [0.4, 0.5) is 4.39 Å². The van der Waals surface area contributed by atoms with Crippen molar-refractivity contribution in [2.75, 3.05) is 0 Å². The van der Waals surface area contributed by atoms with Gasteiger partial charge in [0.1, 0.15) is 11.4 Å². The molecule has 0 atom stereocenters. The minimum Gasteiger partial charge on any atom is -0.507 e. The average molecular weight is 401 g/mol. The first-order chi connectivity index (χ1) is 13.3. The van der Waals surface area contributed by atoms with Crippen molar-refractivity contribution >= 4 is 23.1 Å². The number of esters is 1. The van der Waals surface area contributed by atoms with Gasteiger partial charge in [0.05, 0.1) is 0 Å². The van der Waals surface area contributed by atoms with Gasteiger partial charge >= 0.3 is 5.97 Å². The minimum absolute atomic E-state index is 0.0294. The zero-order valence-corrected chi connectivity index (χ0v) is 16.7. The van der Waals surface area contributed by atoms with Gasteiger partial charge in [-0.05, 0) is 86.1 Å². The van der Waals surface area contributed by atoms with Crippen LogP contribution in [-0.4, -0.2) is 16.7 Å². The fourth-order valence-electron chi connectivity index (χ4n) is 4.28. The molecule has 2 aromatic rings. The zero-order valence-electron chi connectivity index (χ0n) is 15.9. The lowest BCUT2D eigenvalue weighted by Gasteiger charge is -2.31. The summed E-state index contributed by atoms with van der Waals surface area (Å²) in [6, 6.07) is 8.40. The van der Waals surface area contributed by atoms with Crippen LogP contribution in [0.15, 0.2) is 36.1 Å². The van der Waals surface area contributed by atoms with E-state index in [2.05, 4.69) is 0 Å². The Morgan fingerprint density at radius 2 is 1.75 bits per heavy atom. The topological polar surface area (TPSA) is 46.5 Å². The predicted octanol–water partition coefficient (Wildman–Crippen LogP) is 6.29. The molecule has 2 aromatic carbocycles. The van der Waals surface area contributed by atoms with Crippen molar-refractivity contribution in [3.8, 4) is 11.1 Å². The van der Waals surface area contributed by atoms with E-state index in [0.717, 1.165) is 36.0 Å². The maximum atomic E-state index is 13.6. The van der Waals surface area contributed by atoms with Crippen molar-refractivity contribution in [1.82, 2.24) is 0 Å². The summed E-state index contributed by atoms with van der Waals surface area (Å²) in [7, 11) is 0. The van der Waals surface area contributed by atoms with Gasteiger partial charge in [-0.25, -0.2) is 9.18 Å². The summed E-state index contributed by atoms with van der Waals surface area (Å²) in [6.07, 6.45) is 4.22. The molecule has 1 N–H and O–H groups in total. The van der Waals surface area contributed by atoms with Crippen LogP contribution in [0.1, 0.15) is 48.8 Å². The number of rotatable bonds is 2. The van der Waals surface area contributed by atoms with Crippen LogP contribution >= 0.6 is 11.6 Å². The Labute approximate surface area is 168 Å². The van der Waals surface area contributed by atoms with Crippen LogP contribution in [0.5, 0.6) is 0 Å². The highest BCUT2D eigenvalue weighted by Crippen LogP contribution is 2.46. The van der Waals surface area contributed by atoms with Crippen molar-refractivity contribution in [3.63, 3.8) is 0 Å². The van der Waals surface area contributed by atoms with Gasteiger partial charge in [0.15, 0.2) is 11.4 Å². The monoisotopic (exact) mass is 400 g/mol. The second-order valence-corrected chi connectivity index (χ2v) is 8.19. The molecular formula is C23H22ClFO3. The number of aliphatic hydroxyl groups is 1. The van der Waals surface area contributed by atoms with Crippen LogP contribution in [0.2, 0.25) is 5.02 Å². The maximum absolute atomic E-state index is 13.6. The smallest absolute Gasteiger partial charge is 0.343 e. The van der Waals surface area contributed by atoms with E-state index in [1.165, 1.54) is 6.07 Å². The molecule has 28 heavy (non-hydrogen) atoms. The number of hydrogen-bond donors (Lipinski definition) is 1. The number of ether oxygens (including phenoxy) is 1. The Balaban J connectivity index is 1.80. The molecule has 0 radical (unpaired) electrons. The number of carbonyl (C=O) groups is 1. The molecule has 1 spiro atoms. The maximum Gasteiger partial charge on any atom is 0.343 e. The molecule has 0 aromatic heterocycles. The number of aryl methyl sites for hydroxylation is 2. The first-order valence-corrected chi connectivity index (χ1v) is 9.94. The summed E-state index contributed by atoms with van der Waals surface area (Å²) in [5.41, 5.74) is 2.80. The number of aliphatic hydroxyl groups excluding tert-OH is 1. The molecule has 2 aliphatic rings. The van der Waals surface area contributed by atoms with E-state index >= 15 is 0 Å². The quantitative estimate of drug-likeness (QED) is 0.602.